The van der Waals surface area contributed by atoms with E-state index >= 15 is 0 Å². The van der Waals surface area contributed by atoms with E-state index in [0.29, 0.717) is 0 Å². The topological polar surface area (TPSA) is 107 Å². The molecule has 9 heteroatoms. The zero-order valence-corrected chi connectivity index (χ0v) is 11.0. The molecule has 0 saturated heterocycles. The molecule has 0 aliphatic carbocycles. The summed E-state index contributed by atoms with van der Waals surface area (Å²) in [7, 11) is -4.27. The van der Waals surface area contributed by atoms with Gasteiger partial charge in [0.05, 0.1) is 18.2 Å². The van der Waals surface area contributed by atoms with E-state index in [1.807, 2.05) is 4.72 Å². The van der Waals surface area contributed by atoms with Crippen LogP contribution in [-0.4, -0.2) is 26.0 Å². The van der Waals surface area contributed by atoms with Crippen LogP contribution < -0.4 is 4.72 Å². The van der Waals surface area contributed by atoms with Crippen molar-refractivity contribution in [1.29, 1.82) is 5.26 Å². The minimum atomic E-state index is -4.27. The van der Waals surface area contributed by atoms with Crippen LogP contribution >= 0.6 is 15.9 Å². The molecule has 0 bridgehead atoms. The van der Waals surface area contributed by atoms with Gasteiger partial charge in [0.2, 0.25) is 10.0 Å². The van der Waals surface area contributed by atoms with Gasteiger partial charge in [0.25, 0.3) is 0 Å². The van der Waals surface area contributed by atoms with Gasteiger partial charge in [-0.05, 0) is 12.1 Å². The standard InChI is InChI=1S/C9H6BrFN2O4S/c10-5-3-6(9(14)15)8(11)7(4-5)18(16,17)13-2-1-12/h3-4,13H,2H2,(H,14,15). The zero-order valence-electron chi connectivity index (χ0n) is 8.65. The van der Waals surface area contributed by atoms with Gasteiger partial charge >= 0.3 is 5.97 Å². The van der Waals surface area contributed by atoms with E-state index < -0.39 is 38.8 Å². The maximum absolute atomic E-state index is 13.7. The summed E-state index contributed by atoms with van der Waals surface area (Å²) < 4.78 is 38.9. The summed E-state index contributed by atoms with van der Waals surface area (Å²) in [5.41, 5.74) is -0.776. The van der Waals surface area contributed by atoms with E-state index in [-0.39, 0.29) is 4.47 Å². The Morgan fingerprint density at radius 1 is 1.56 bits per heavy atom. The monoisotopic (exact) mass is 336 g/mol. The van der Waals surface area contributed by atoms with Gasteiger partial charge in [-0.1, -0.05) is 15.9 Å². The van der Waals surface area contributed by atoms with Gasteiger partial charge in [-0.2, -0.15) is 9.98 Å². The normalized spacial score (nSPS) is 10.9. The molecule has 0 spiro atoms. The Labute approximate surface area is 110 Å². The van der Waals surface area contributed by atoms with Crippen molar-refractivity contribution in [3.63, 3.8) is 0 Å². The van der Waals surface area contributed by atoms with Crippen molar-refractivity contribution < 1.29 is 22.7 Å². The molecule has 1 aromatic carbocycles. The van der Waals surface area contributed by atoms with Gasteiger partial charge in [0.15, 0.2) is 5.82 Å². The van der Waals surface area contributed by atoms with Crippen LogP contribution in [-0.2, 0) is 10.0 Å². The largest absolute Gasteiger partial charge is 0.478 e. The maximum atomic E-state index is 13.7. The number of rotatable bonds is 4. The van der Waals surface area contributed by atoms with E-state index in [2.05, 4.69) is 15.9 Å². The first-order chi connectivity index (χ1) is 8.29. The first-order valence-electron chi connectivity index (χ1n) is 4.38. The first-order valence-corrected chi connectivity index (χ1v) is 6.66. The second-order valence-electron chi connectivity index (χ2n) is 3.05. The number of hydrogen-bond donors (Lipinski definition) is 2. The van der Waals surface area contributed by atoms with Gasteiger partial charge in [-0.15, -0.1) is 0 Å². The van der Waals surface area contributed by atoms with Crippen LogP contribution in [0.4, 0.5) is 4.39 Å². The number of sulfonamides is 1. The van der Waals surface area contributed by atoms with Gasteiger partial charge in [0.1, 0.15) is 4.90 Å². The van der Waals surface area contributed by atoms with Crippen LogP contribution in [0.25, 0.3) is 0 Å². The Kier molecular flexibility index (Phi) is 4.39. The average Bonchev–Trinajstić information content (AvgIpc) is 2.28. The predicted octanol–water partition coefficient (Wildman–Crippen LogP) is 1.09. The third-order valence-corrected chi connectivity index (χ3v) is 3.72. The molecule has 0 radical (unpaired) electrons. The van der Waals surface area contributed by atoms with E-state index in [0.717, 1.165) is 12.1 Å². The number of carboxylic acids is 1. The molecule has 6 nitrogen and oxygen atoms in total. The smallest absolute Gasteiger partial charge is 0.338 e. The fourth-order valence-corrected chi connectivity index (χ4v) is 2.77. The van der Waals surface area contributed by atoms with E-state index in [1.54, 1.807) is 0 Å². The van der Waals surface area contributed by atoms with Crippen LogP contribution in [0.3, 0.4) is 0 Å². The molecule has 0 amide bonds. The third kappa shape index (κ3) is 3.04. The van der Waals surface area contributed by atoms with Gasteiger partial charge in [-0.25, -0.2) is 17.6 Å². The summed E-state index contributed by atoms with van der Waals surface area (Å²) in [6.45, 7) is -0.545. The third-order valence-electron chi connectivity index (χ3n) is 1.87. The van der Waals surface area contributed by atoms with Crippen molar-refractivity contribution in [1.82, 2.24) is 4.72 Å². The molecule has 2 N–H and O–H groups in total. The molecule has 0 heterocycles. The Morgan fingerprint density at radius 3 is 2.67 bits per heavy atom. The Bertz CT molecular complexity index is 639. The minimum absolute atomic E-state index is 0.0960. The molecule has 18 heavy (non-hydrogen) atoms. The molecular weight excluding hydrogens is 331 g/mol. The lowest BCUT2D eigenvalue weighted by Gasteiger charge is -2.07. The van der Waals surface area contributed by atoms with Crippen molar-refractivity contribution in [3.8, 4) is 6.07 Å². The fourth-order valence-electron chi connectivity index (χ4n) is 1.12. The number of carbonyl (C=O) groups is 1. The zero-order chi connectivity index (χ0) is 13.9. The summed E-state index contributed by atoms with van der Waals surface area (Å²) in [4.78, 5) is 9.91. The van der Waals surface area contributed by atoms with Crippen molar-refractivity contribution in [2.45, 2.75) is 4.90 Å². The number of hydrogen-bond acceptors (Lipinski definition) is 4. The highest BCUT2D eigenvalue weighted by Gasteiger charge is 2.24. The highest BCUT2D eigenvalue weighted by molar-refractivity contribution is 9.10. The molecule has 1 rings (SSSR count). The Balaban J connectivity index is 3.43. The number of nitrogens with one attached hydrogen (secondary N) is 1. The lowest BCUT2D eigenvalue weighted by atomic mass is 10.2. The maximum Gasteiger partial charge on any atom is 0.338 e. The van der Waals surface area contributed by atoms with Crippen molar-refractivity contribution >= 4 is 31.9 Å². The summed E-state index contributed by atoms with van der Waals surface area (Å²) in [6.07, 6.45) is 0. The SMILES string of the molecule is N#CCNS(=O)(=O)c1cc(Br)cc(C(=O)O)c1F. The Morgan fingerprint density at radius 2 is 2.17 bits per heavy atom. The highest BCUT2D eigenvalue weighted by atomic mass is 79.9. The molecule has 0 unspecified atom stereocenters. The number of aromatic carboxylic acids is 1. The molecule has 0 aliphatic heterocycles. The van der Waals surface area contributed by atoms with Gasteiger partial charge < -0.3 is 5.11 Å². The number of carboxylic acid groups (broad SMARTS) is 1. The average molecular weight is 337 g/mol. The molecule has 1 aromatic rings. The van der Waals surface area contributed by atoms with Crippen LogP contribution in [0, 0.1) is 17.1 Å². The molecule has 0 saturated carbocycles. The minimum Gasteiger partial charge on any atom is -0.478 e. The molecule has 0 aliphatic rings. The second kappa shape index (κ2) is 5.43. The summed E-state index contributed by atoms with van der Waals surface area (Å²) >= 11 is 2.89. The highest BCUT2D eigenvalue weighted by Crippen LogP contribution is 2.24. The van der Waals surface area contributed by atoms with Crippen LogP contribution in [0.2, 0.25) is 0 Å². The van der Waals surface area contributed by atoms with Crippen LogP contribution in [0.15, 0.2) is 21.5 Å². The number of nitrogens with zero attached hydrogens (tertiary/aromatic N) is 1. The lowest BCUT2D eigenvalue weighted by molar-refractivity contribution is 0.0691. The summed E-state index contributed by atoms with van der Waals surface area (Å²) in [5, 5.41) is 17.0. The van der Waals surface area contributed by atoms with Gasteiger partial charge in [-0.3, -0.25) is 0 Å². The number of nitriles is 1. The van der Waals surface area contributed by atoms with Crippen molar-refractivity contribution in [2.24, 2.45) is 0 Å². The van der Waals surface area contributed by atoms with Crippen LogP contribution in [0.1, 0.15) is 10.4 Å². The second-order valence-corrected chi connectivity index (χ2v) is 5.70. The van der Waals surface area contributed by atoms with Crippen molar-refractivity contribution in [2.75, 3.05) is 6.54 Å². The molecule has 96 valence electrons. The quantitative estimate of drug-likeness (QED) is 0.800. The van der Waals surface area contributed by atoms with E-state index in [1.165, 1.54) is 6.07 Å². The van der Waals surface area contributed by atoms with Crippen molar-refractivity contribution in [3.05, 3.63) is 28.0 Å². The van der Waals surface area contributed by atoms with Crippen LogP contribution in [0.5, 0.6) is 0 Å². The van der Waals surface area contributed by atoms with Gasteiger partial charge in [0, 0.05) is 4.47 Å². The Hall–Kier alpha value is -1.50. The molecule has 0 fully saturated rings. The summed E-state index contributed by atoms with van der Waals surface area (Å²) in [5.74, 6) is -2.97. The lowest BCUT2D eigenvalue weighted by Crippen LogP contribution is -2.25. The number of halogens is 2. The fraction of sp³-hybridized carbons (Fsp3) is 0.111. The van der Waals surface area contributed by atoms with E-state index in [9.17, 15) is 17.6 Å². The first kappa shape index (κ1) is 14.6. The predicted molar refractivity (Wildman–Crippen MR) is 61.9 cm³/mol. The summed E-state index contributed by atoms with van der Waals surface area (Å²) in [6, 6.07) is 3.39. The molecule has 0 aromatic heterocycles. The number of benzene rings is 1. The molecule has 0 atom stereocenters. The molecular formula is C9H6BrFN2O4S. The van der Waals surface area contributed by atoms with E-state index in [4.69, 9.17) is 10.4 Å².